The highest BCUT2D eigenvalue weighted by atomic mass is 16.5. The molecule has 1 aromatic rings. The number of carbonyl (C=O) groups excluding carboxylic acids is 1. The molecule has 0 radical (unpaired) electrons. The third-order valence-electron chi connectivity index (χ3n) is 3.97. The van der Waals surface area contributed by atoms with Crippen molar-refractivity contribution >= 4 is 11.6 Å². The molecule has 0 bridgehead atoms. The molecular weight excluding hydrogens is 304 g/mol. The Morgan fingerprint density at radius 1 is 1.25 bits per heavy atom. The number of allylic oxidation sites excluding steroid dienone is 1. The molecule has 1 aliphatic carbocycles. The minimum Gasteiger partial charge on any atom is -0.491 e. The molecule has 0 aliphatic heterocycles. The van der Waals surface area contributed by atoms with Crippen molar-refractivity contribution in [3.05, 3.63) is 35.9 Å². The maximum absolute atomic E-state index is 12.0. The second-order valence-corrected chi connectivity index (χ2v) is 5.95. The Morgan fingerprint density at radius 2 is 2.17 bits per heavy atom. The first-order valence-corrected chi connectivity index (χ1v) is 8.68. The molecule has 1 amide bonds. The Hall–Kier alpha value is -1.85. The molecule has 1 aromatic carbocycles. The first-order valence-electron chi connectivity index (χ1n) is 8.68. The van der Waals surface area contributed by atoms with E-state index >= 15 is 0 Å². The van der Waals surface area contributed by atoms with Crippen LogP contribution < -0.4 is 15.4 Å². The lowest BCUT2D eigenvalue weighted by Crippen LogP contribution is -2.29. The number of carbonyl (C=O) groups is 1. The van der Waals surface area contributed by atoms with Gasteiger partial charge in [-0.3, -0.25) is 4.79 Å². The summed E-state index contributed by atoms with van der Waals surface area (Å²) in [5.41, 5.74) is 2.27. The topological polar surface area (TPSA) is 59.6 Å². The molecule has 5 heteroatoms. The smallest absolute Gasteiger partial charge is 0.238 e. The molecule has 1 aliphatic rings. The number of hydrogen-bond acceptors (Lipinski definition) is 4. The number of hydrogen-bond donors (Lipinski definition) is 2. The Labute approximate surface area is 144 Å². The van der Waals surface area contributed by atoms with Crippen LogP contribution in [0.25, 0.3) is 0 Å². The van der Waals surface area contributed by atoms with E-state index in [9.17, 15) is 4.79 Å². The predicted molar refractivity (Wildman–Crippen MR) is 96.5 cm³/mol. The van der Waals surface area contributed by atoms with Gasteiger partial charge in [0.2, 0.25) is 5.91 Å². The van der Waals surface area contributed by atoms with Crippen LogP contribution in [0.15, 0.2) is 35.9 Å². The second kappa shape index (κ2) is 10.8. The molecule has 5 nitrogen and oxygen atoms in total. The zero-order valence-corrected chi connectivity index (χ0v) is 14.5. The molecule has 0 saturated carbocycles. The summed E-state index contributed by atoms with van der Waals surface area (Å²) in [6, 6.07) is 7.40. The summed E-state index contributed by atoms with van der Waals surface area (Å²) in [4.78, 5) is 12.0. The number of ether oxygens (including phenoxy) is 2. The van der Waals surface area contributed by atoms with Crippen molar-refractivity contribution in [1.29, 1.82) is 0 Å². The fourth-order valence-corrected chi connectivity index (χ4v) is 2.69. The Balaban J connectivity index is 1.66. The van der Waals surface area contributed by atoms with Gasteiger partial charge in [-0.25, -0.2) is 0 Å². The van der Waals surface area contributed by atoms with Gasteiger partial charge in [0.1, 0.15) is 12.4 Å². The van der Waals surface area contributed by atoms with Gasteiger partial charge in [0.25, 0.3) is 0 Å². The summed E-state index contributed by atoms with van der Waals surface area (Å²) in [5, 5.41) is 6.09. The maximum atomic E-state index is 12.0. The summed E-state index contributed by atoms with van der Waals surface area (Å²) in [6.07, 6.45) is 8.42. The predicted octanol–water partition coefficient (Wildman–Crippen LogP) is 3.13. The van der Waals surface area contributed by atoms with Crippen molar-refractivity contribution in [2.24, 2.45) is 0 Å². The molecule has 24 heavy (non-hydrogen) atoms. The monoisotopic (exact) mass is 332 g/mol. The number of rotatable bonds is 10. The molecule has 0 spiro atoms. The molecular formula is C19H28N2O3. The van der Waals surface area contributed by atoms with Gasteiger partial charge >= 0.3 is 0 Å². The zero-order valence-electron chi connectivity index (χ0n) is 14.5. The lowest BCUT2D eigenvalue weighted by molar-refractivity contribution is -0.115. The average molecular weight is 332 g/mol. The fourth-order valence-electron chi connectivity index (χ4n) is 2.69. The molecule has 2 N–H and O–H groups in total. The molecule has 0 atom stereocenters. The van der Waals surface area contributed by atoms with E-state index in [1.807, 2.05) is 24.3 Å². The van der Waals surface area contributed by atoms with Crippen molar-refractivity contribution < 1.29 is 14.3 Å². The number of nitrogens with one attached hydrogen (secondary N) is 2. The van der Waals surface area contributed by atoms with Gasteiger partial charge in [-0.1, -0.05) is 17.7 Å². The van der Waals surface area contributed by atoms with E-state index < -0.39 is 0 Å². The fraction of sp³-hybridized carbons (Fsp3) is 0.526. The van der Waals surface area contributed by atoms with Crippen molar-refractivity contribution in [1.82, 2.24) is 5.32 Å². The van der Waals surface area contributed by atoms with Crippen LogP contribution in [0.5, 0.6) is 5.75 Å². The minimum atomic E-state index is -0.0401. The average Bonchev–Trinajstić information content (AvgIpc) is 2.60. The number of anilines is 1. The van der Waals surface area contributed by atoms with Crippen LogP contribution in [-0.2, 0) is 9.53 Å². The molecule has 0 unspecified atom stereocenters. The summed E-state index contributed by atoms with van der Waals surface area (Å²) < 4.78 is 10.5. The highest BCUT2D eigenvalue weighted by Crippen LogP contribution is 2.19. The lowest BCUT2D eigenvalue weighted by atomic mass is 9.97. The van der Waals surface area contributed by atoms with Gasteiger partial charge in [0.15, 0.2) is 0 Å². The van der Waals surface area contributed by atoms with Crippen LogP contribution in [0.3, 0.4) is 0 Å². The van der Waals surface area contributed by atoms with Gasteiger partial charge in [0, 0.05) is 18.9 Å². The van der Waals surface area contributed by atoms with Crippen LogP contribution in [-0.4, -0.2) is 39.3 Å². The number of amides is 1. The number of methoxy groups -OCH3 is 1. The molecule has 0 fully saturated rings. The first-order chi connectivity index (χ1) is 11.8. The number of benzene rings is 1. The Morgan fingerprint density at radius 3 is 2.96 bits per heavy atom. The van der Waals surface area contributed by atoms with Crippen molar-refractivity contribution in [3.8, 4) is 5.75 Å². The lowest BCUT2D eigenvalue weighted by Gasteiger charge is -2.13. The van der Waals surface area contributed by atoms with E-state index in [1.165, 1.54) is 31.3 Å². The largest absolute Gasteiger partial charge is 0.491 e. The highest BCUT2D eigenvalue weighted by Gasteiger charge is 2.05. The van der Waals surface area contributed by atoms with Crippen LogP contribution in [0, 0.1) is 0 Å². The van der Waals surface area contributed by atoms with Gasteiger partial charge in [-0.15, -0.1) is 0 Å². The summed E-state index contributed by atoms with van der Waals surface area (Å²) in [7, 11) is 1.64. The summed E-state index contributed by atoms with van der Waals surface area (Å²) in [5.74, 6) is 0.684. The first kappa shape index (κ1) is 18.5. The van der Waals surface area contributed by atoms with Crippen molar-refractivity contribution in [2.45, 2.75) is 32.1 Å². The second-order valence-electron chi connectivity index (χ2n) is 5.95. The van der Waals surface area contributed by atoms with Gasteiger partial charge < -0.3 is 20.1 Å². The molecule has 2 rings (SSSR count). The minimum absolute atomic E-state index is 0.0401. The van der Waals surface area contributed by atoms with Crippen LogP contribution in [0.2, 0.25) is 0 Å². The van der Waals surface area contributed by atoms with Gasteiger partial charge in [-0.05, 0) is 50.8 Å². The SMILES string of the molecule is COCCOc1cccc(NC(=O)CNCCC2=CCCCC2)c1. The third kappa shape index (κ3) is 7.15. The van der Waals surface area contributed by atoms with Crippen molar-refractivity contribution in [2.75, 3.05) is 38.7 Å². The highest BCUT2D eigenvalue weighted by molar-refractivity contribution is 5.92. The zero-order chi connectivity index (χ0) is 17.0. The van der Waals surface area contributed by atoms with Crippen LogP contribution in [0.4, 0.5) is 5.69 Å². The van der Waals surface area contributed by atoms with E-state index in [2.05, 4.69) is 16.7 Å². The third-order valence-corrected chi connectivity index (χ3v) is 3.97. The van der Waals surface area contributed by atoms with Crippen LogP contribution in [0.1, 0.15) is 32.1 Å². The van der Waals surface area contributed by atoms with E-state index in [-0.39, 0.29) is 5.91 Å². The summed E-state index contributed by atoms with van der Waals surface area (Å²) in [6.45, 7) is 2.20. The van der Waals surface area contributed by atoms with Crippen LogP contribution >= 0.6 is 0 Å². The van der Waals surface area contributed by atoms with E-state index in [0.717, 1.165) is 24.4 Å². The molecule has 132 valence electrons. The Bertz CT molecular complexity index is 543. The maximum Gasteiger partial charge on any atom is 0.238 e. The van der Waals surface area contributed by atoms with E-state index in [1.54, 1.807) is 7.11 Å². The molecule has 0 saturated heterocycles. The van der Waals surface area contributed by atoms with Gasteiger partial charge in [-0.2, -0.15) is 0 Å². The van der Waals surface area contributed by atoms with Gasteiger partial charge in [0.05, 0.1) is 13.2 Å². The quantitative estimate of drug-likeness (QED) is 0.510. The summed E-state index contributed by atoms with van der Waals surface area (Å²) >= 11 is 0. The molecule has 0 aromatic heterocycles. The molecule has 0 heterocycles. The van der Waals surface area contributed by atoms with Crippen molar-refractivity contribution in [3.63, 3.8) is 0 Å². The van der Waals surface area contributed by atoms with E-state index in [0.29, 0.717) is 19.8 Å². The standard InChI is InChI=1S/C19H28N2O3/c1-23-12-13-24-18-9-5-8-17(14-18)21-19(22)15-20-11-10-16-6-3-2-4-7-16/h5-6,8-9,14,20H,2-4,7,10-13,15H2,1H3,(H,21,22). The van der Waals surface area contributed by atoms with E-state index in [4.69, 9.17) is 9.47 Å². The Kier molecular flexibility index (Phi) is 8.35. The normalized spacial score (nSPS) is 14.1.